The first-order valence-electron chi connectivity index (χ1n) is 6.19. The molecule has 0 aliphatic heterocycles. The first-order valence-corrected chi connectivity index (χ1v) is 6.57. The third kappa shape index (κ3) is 2.06. The Kier molecular flexibility index (Phi) is 2.90. The van der Waals surface area contributed by atoms with Gasteiger partial charge in [-0.05, 0) is 36.6 Å². The Balaban J connectivity index is 2.01. The van der Waals surface area contributed by atoms with Crippen molar-refractivity contribution in [2.24, 2.45) is 0 Å². The van der Waals surface area contributed by atoms with Gasteiger partial charge in [0.25, 0.3) is 0 Å². The standard InChI is InChI=1S/C16H12ClFO/c17-12-6-7-13(14(18)10-12)15(19)16(8-9-16)11-4-2-1-3-5-11/h1-7,10H,8-9H2. The highest BCUT2D eigenvalue weighted by atomic mass is 35.5. The molecule has 1 saturated carbocycles. The summed E-state index contributed by atoms with van der Waals surface area (Å²) in [4.78, 5) is 12.6. The molecule has 0 amide bonds. The number of benzene rings is 2. The van der Waals surface area contributed by atoms with E-state index in [1.807, 2.05) is 30.3 Å². The highest BCUT2D eigenvalue weighted by Crippen LogP contribution is 2.50. The predicted octanol–water partition coefficient (Wildman–Crippen LogP) is 4.39. The van der Waals surface area contributed by atoms with E-state index in [1.54, 1.807) is 6.07 Å². The minimum absolute atomic E-state index is 0.130. The molecule has 0 saturated heterocycles. The molecule has 1 nitrogen and oxygen atoms in total. The number of carbonyl (C=O) groups excluding carboxylic acids is 1. The molecule has 3 rings (SSSR count). The fourth-order valence-electron chi connectivity index (χ4n) is 2.46. The molecule has 0 bridgehead atoms. The highest BCUT2D eigenvalue weighted by Gasteiger charge is 2.51. The first kappa shape index (κ1) is 12.4. The summed E-state index contributed by atoms with van der Waals surface area (Å²) in [6.07, 6.45) is 1.55. The van der Waals surface area contributed by atoms with E-state index < -0.39 is 11.2 Å². The summed E-state index contributed by atoms with van der Waals surface area (Å²) in [6, 6.07) is 13.8. The molecule has 3 heteroatoms. The Morgan fingerprint density at radius 1 is 1.11 bits per heavy atom. The number of ketones is 1. The zero-order valence-corrected chi connectivity index (χ0v) is 11.0. The van der Waals surface area contributed by atoms with Crippen molar-refractivity contribution in [3.05, 3.63) is 70.5 Å². The van der Waals surface area contributed by atoms with Crippen molar-refractivity contribution < 1.29 is 9.18 Å². The SMILES string of the molecule is O=C(c1ccc(Cl)cc1F)C1(c2ccccc2)CC1. The molecule has 19 heavy (non-hydrogen) atoms. The molecule has 2 aromatic carbocycles. The van der Waals surface area contributed by atoms with Crippen molar-refractivity contribution >= 4 is 17.4 Å². The monoisotopic (exact) mass is 274 g/mol. The second kappa shape index (κ2) is 4.46. The summed E-state index contributed by atoms with van der Waals surface area (Å²) < 4.78 is 13.9. The Labute approximate surface area is 116 Å². The van der Waals surface area contributed by atoms with Crippen LogP contribution < -0.4 is 0 Å². The van der Waals surface area contributed by atoms with E-state index in [4.69, 9.17) is 11.6 Å². The van der Waals surface area contributed by atoms with Gasteiger partial charge in [-0.3, -0.25) is 4.79 Å². The number of halogens is 2. The maximum atomic E-state index is 13.9. The van der Waals surface area contributed by atoms with E-state index in [0.29, 0.717) is 5.02 Å². The maximum Gasteiger partial charge on any atom is 0.176 e. The zero-order chi connectivity index (χ0) is 13.5. The molecule has 0 unspecified atom stereocenters. The van der Waals surface area contributed by atoms with Crippen molar-refractivity contribution in [1.82, 2.24) is 0 Å². The van der Waals surface area contributed by atoms with E-state index >= 15 is 0 Å². The van der Waals surface area contributed by atoms with Crippen LogP contribution in [0.15, 0.2) is 48.5 Å². The number of hydrogen-bond donors (Lipinski definition) is 0. The van der Waals surface area contributed by atoms with E-state index in [0.717, 1.165) is 18.4 Å². The maximum absolute atomic E-state index is 13.9. The second-order valence-corrected chi connectivity index (χ2v) is 5.34. The van der Waals surface area contributed by atoms with Gasteiger partial charge >= 0.3 is 0 Å². The Hall–Kier alpha value is -1.67. The fourth-order valence-corrected chi connectivity index (χ4v) is 2.62. The summed E-state index contributed by atoms with van der Waals surface area (Å²) in [5.41, 5.74) is 0.566. The van der Waals surface area contributed by atoms with Crippen molar-refractivity contribution in [2.75, 3.05) is 0 Å². The molecule has 2 aromatic rings. The van der Waals surface area contributed by atoms with Gasteiger partial charge in [0, 0.05) is 5.02 Å². The molecule has 0 radical (unpaired) electrons. The molecule has 0 N–H and O–H groups in total. The molecule has 1 aliphatic carbocycles. The lowest BCUT2D eigenvalue weighted by Gasteiger charge is -2.15. The van der Waals surface area contributed by atoms with E-state index in [9.17, 15) is 9.18 Å². The van der Waals surface area contributed by atoms with Crippen LogP contribution in [0.2, 0.25) is 5.02 Å². The number of Topliss-reactive ketones (excluding diaryl/α,β-unsaturated/α-hetero) is 1. The number of carbonyl (C=O) groups is 1. The Bertz CT molecular complexity index is 632. The summed E-state index contributed by atoms with van der Waals surface area (Å²) in [5, 5.41) is 0.304. The molecular formula is C16H12ClFO. The van der Waals surface area contributed by atoms with Crippen molar-refractivity contribution in [3.63, 3.8) is 0 Å². The molecule has 0 atom stereocenters. The van der Waals surface area contributed by atoms with Crippen molar-refractivity contribution in [3.8, 4) is 0 Å². The molecule has 96 valence electrons. The topological polar surface area (TPSA) is 17.1 Å². The largest absolute Gasteiger partial charge is 0.293 e. The van der Waals surface area contributed by atoms with E-state index in [-0.39, 0.29) is 11.3 Å². The van der Waals surface area contributed by atoms with Gasteiger partial charge in [0.05, 0.1) is 11.0 Å². The molecule has 0 aromatic heterocycles. The van der Waals surface area contributed by atoms with Gasteiger partial charge in [-0.1, -0.05) is 41.9 Å². The van der Waals surface area contributed by atoms with E-state index in [1.165, 1.54) is 12.1 Å². The molecule has 1 aliphatic rings. The van der Waals surface area contributed by atoms with Gasteiger partial charge in [-0.15, -0.1) is 0 Å². The van der Waals surface area contributed by atoms with Gasteiger partial charge < -0.3 is 0 Å². The van der Waals surface area contributed by atoms with Gasteiger partial charge in [0.1, 0.15) is 5.82 Å². The lowest BCUT2D eigenvalue weighted by Crippen LogP contribution is -2.21. The minimum atomic E-state index is -0.542. The molecule has 0 spiro atoms. The third-order valence-electron chi connectivity index (χ3n) is 3.69. The summed E-state index contributed by atoms with van der Waals surface area (Å²) in [5.74, 6) is -0.687. The highest BCUT2D eigenvalue weighted by molar-refractivity contribution is 6.30. The smallest absolute Gasteiger partial charge is 0.176 e. The van der Waals surface area contributed by atoms with Crippen LogP contribution in [-0.2, 0) is 5.41 Å². The van der Waals surface area contributed by atoms with Crippen LogP contribution in [0.4, 0.5) is 4.39 Å². The number of hydrogen-bond acceptors (Lipinski definition) is 1. The van der Waals surface area contributed by atoms with Crippen LogP contribution in [0.1, 0.15) is 28.8 Å². The van der Waals surface area contributed by atoms with E-state index in [2.05, 4.69) is 0 Å². The van der Waals surface area contributed by atoms with Crippen LogP contribution in [0.5, 0.6) is 0 Å². The molecule has 0 heterocycles. The Morgan fingerprint density at radius 3 is 2.37 bits per heavy atom. The lowest BCUT2D eigenvalue weighted by atomic mass is 9.87. The normalized spacial score (nSPS) is 16.1. The minimum Gasteiger partial charge on any atom is -0.293 e. The predicted molar refractivity (Wildman–Crippen MR) is 73.1 cm³/mol. The average molecular weight is 275 g/mol. The summed E-state index contributed by atoms with van der Waals surface area (Å²) >= 11 is 5.72. The van der Waals surface area contributed by atoms with Gasteiger partial charge in [-0.25, -0.2) is 4.39 Å². The van der Waals surface area contributed by atoms with Gasteiger partial charge in [0.15, 0.2) is 5.78 Å². The average Bonchev–Trinajstić information content (AvgIpc) is 3.20. The lowest BCUT2D eigenvalue weighted by molar-refractivity contribution is 0.0942. The van der Waals surface area contributed by atoms with Crippen LogP contribution in [0.3, 0.4) is 0 Å². The zero-order valence-electron chi connectivity index (χ0n) is 10.2. The van der Waals surface area contributed by atoms with Gasteiger partial charge in [0.2, 0.25) is 0 Å². The number of rotatable bonds is 3. The third-order valence-corrected chi connectivity index (χ3v) is 3.92. The van der Waals surface area contributed by atoms with Crippen molar-refractivity contribution in [1.29, 1.82) is 0 Å². The summed E-state index contributed by atoms with van der Waals surface area (Å²) in [7, 11) is 0. The van der Waals surface area contributed by atoms with Gasteiger partial charge in [-0.2, -0.15) is 0 Å². The van der Waals surface area contributed by atoms with Crippen LogP contribution >= 0.6 is 11.6 Å². The second-order valence-electron chi connectivity index (χ2n) is 4.90. The quantitative estimate of drug-likeness (QED) is 0.759. The van der Waals surface area contributed by atoms with Crippen LogP contribution in [-0.4, -0.2) is 5.78 Å². The first-order chi connectivity index (χ1) is 9.13. The molecule has 1 fully saturated rings. The Morgan fingerprint density at radius 2 is 1.79 bits per heavy atom. The summed E-state index contributed by atoms with van der Waals surface area (Å²) in [6.45, 7) is 0. The fraction of sp³-hybridized carbons (Fsp3) is 0.188. The van der Waals surface area contributed by atoms with Crippen molar-refractivity contribution in [2.45, 2.75) is 18.3 Å². The van der Waals surface area contributed by atoms with Crippen LogP contribution in [0, 0.1) is 5.82 Å². The molecular weight excluding hydrogens is 263 g/mol. The van der Waals surface area contributed by atoms with Crippen LogP contribution in [0.25, 0.3) is 0 Å².